The predicted molar refractivity (Wildman–Crippen MR) is 144 cm³/mol. The second-order valence-electron chi connectivity index (χ2n) is 10.5. The number of fused-ring (bicyclic) bond motifs is 2. The summed E-state index contributed by atoms with van der Waals surface area (Å²) in [6.07, 6.45) is 11.0. The molecule has 0 amide bonds. The van der Waals surface area contributed by atoms with Gasteiger partial charge in [0.25, 0.3) is 0 Å². The quantitative estimate of drug-likeness (QED) is 0.286. The third-order valence-corrected chi connectivity index (χ3v) is 10.7. The largest absolute Gasteiger partial charge is 0.457 e. The van der Waals surface area contributed by atoms with Crippen molar-refractivity contribution in [1.82, 2.24) is 0 Å². The molecule has 2 heterocycles. The van der Waals surface area contributed by atoms with Crippen LogP contribution in [0.4, 0.5) is 0 Å². The third kappa shape index (κ3) is 4.35. The zero-order valence-electron chi connectivity index (χ0n) is 19.8. The smallest absolute Gasteiger partial charge is 0.128 e. The summed E-state index contributed by atoms with van der Waals surface area (Å²) in [5, 5.41) is 2.72. The number of hydrogen-bond donors (Lipinski definition) is 0. The summed E-state index contributed by atoms with van der Waals surface area (Å²) in [6.45, 7) is 4.87. The van der Waals surface area contributed by atoms with Crippen LogP contribution in [0, 0.1) is 11.8 Å². The molecular formula is C30H34OS2. The normalized spacial score (nSPS) is 26.1. The first-order valence-electron chi connectivity index (χ1n) is 12.9. The molecule has 3 heteroatoms. The number of rotatable bonds is 4. The molecule has 2 fully saturated rings. The molecular weight excluding hydrogens is 440 g/mol. The molecule has 172 valence electrons. The highest BCUT2D eigenvalue weighted by Crippen LogP contribution is 2.44. The Kier molecular flexibility index (Phi) is 5.96. The van der Waals surface area contributed by atoms with Crippen molar-refractivity contribution in [3.63, 3.8) is 0 Å². The molecule has 0 radical (unpaired) electrons. The average molecular weight is 475 g/mol. The van der Waals surface area contributed by atoms with E-state index in [1.807, 2.05) is 22.7 Å². The van der Waals surface area contributed by atoms with Crippen molar-refractivity contribution < 1.29 is 4.74 Å². The van der Waals surface area contributed by atoms with Crippen LogP contribution in [-0.4, -0.2) is 0 Å². The van der Waals surface area contributed by atoms with Gasteiger partial charge in [0, 0.05) is 19.2 Å². The van der Waals surface area contributed by atoms with Gasteiger partial charge in [0.2, 0.25) is 0 Å². The fourth-order valence-electron chi connectivity index (χ4n) is 6.17. The van der Waals surface area contributed by atoms with Gasteiger partial charge in [0.05, 0.1) is 0 Å². The lowest BCUT2D eigenvalue weighted by Crippen LogP contribution is -2.13. The minimum absolute atomic E-state index is 0.739. The standard InChI is InChI=1S/C30H34OS2/c1-19-7-3-5-9-25(19)29-15-21-11-13-23(17-27(21)32-29)31-24-14-12-22-16-30(33-28(22)18-24)26-10-6-4-8-20(26)2/h11-20,25-26H,3-10H2,1-2H3. The van der Waals surface area contributed by atoms with E-state index in [1.54, 1.807) is 9.75 Å². The molecule has 2 aliphatic rings. The molecule has 0 bridgehead atoms. The first-order chi connectivity index (χ1) is 16.1. The summed E-state index contributed by atoms with van der Waals surface area (Å²) in [5.74, 6) is 4.99. The topological polar surface area (TPSA) is 9.23 Å². The summed E-state index contributed by atoms with van der Waals surface area (Å²) in [6, 6.07) is 18.1. The molecule has 4 unspecified atom stereocenters. The van der Waals surface area contributed by atoms with Gasteiger partial charge < -0.3 is 4.74 Å². The molecule has 4 aromatic rings. The Morgan fingerprint density at radius 1 is 0.606 bits per heavy atom. The van der Waals surface area contributed by atoms with Crippen LogP contribution >= 0.6 is 22.7 Å². The van der Waals surface area contributed by atoms with Crippen LogP contribution in [0.5, 0.6) is 11.5 Å². The number of thiophene rings is 2. The second-order valence-corrected chi connectivity index (χ2v) is 12.8. The van der Waals surface area contributed by atoms with E-state index < -0.39 is 0 Å². The first-order valence-corrected chi connectivity index (χ1v) is 14.5. The van der Waals surface area contributed by atoms with E-state index >= 15 is 0 Å². The van der Waals surface area contributed by atoms with Crippen molar-refractivity contribution in [3.8, 4) is 11.5 Å². The zero-order chi connectivity index (χ0) is 22.4. The Balaban J connectivity index is 1.23. The van der Waals surface area contributed by atoms with Gasteiger partial charge in [-0.1, -0.05) is 52.4 Å². The summed E-state index contributed by atoms with van der Waals surface area (Å²) < 4.78 is 9.07. The van der Waals surface area contributed by atoms with Gasteiger partial charge in [-0.15, -0.1) is 22.7 Å². The van der Waals surface area contributed by atoms with Crippen molar-refractivity contribution in [1.29, 1.82) is 0 Å². The van der Waals surface area contributed by atoms with Crippen molar-refractivity contribution in [2.75, 3.05) is 0 Å². The highest BCUT2D eigenvalue weighted by Gasteiger charge is 2.25. The molecule has 6 rings (SSSR count). The molecule has 2 saturated carbocycles. The fourth-order valence-corrected chi connectivity index (χ4v) is 8.89. The van der Waals surface area contributed by atoms with Crippen molar-refractivity contribution in [3.05, 3.63) is 58.3 Å². The highest BCUT2D eigenvalue weighted by atomic mass is 32.1. The molecule has 1 nitrogen and oxygen atoms in total. The maximum absolute atomic E-state index is 6.36. The molecule has 2 aromatic heterocycles. The monoisotopic (exact) mass is 474 g/mol. The van der Waals surface area contributed by atoms with Gasteiger partial charge in [-0.05, 0) is 95.8 Å². The van der Waals surface area contributed by atoms with E-state index in [2.05, 4.69) is 62.4 Å². The van der Waals surface area contributed by atoms with Crippen LogP contribution in [0.2, 0.25) is 0 Å². The van der Waals surface area contributed by atoms with Crippen LogP contribution in [0.1, 0.15) is 86.8 Å². The number of ether oxygens (including phenoxy) is 1. The maximum Gasteiger partial charge on any atom is 0.128 e. The van der Waals surface area contributed by atoms with E-state index in [4.69, 9.17) is 4.74 Å². The van der Waals surface area contributed by atoms with Crippen LogP contribution in [0.3, 0.4) is 0 Å². The van der Waals surface area contributed by atoms with Gasteiger partial charge in [0.15, 0.2) is 0 Å². The summed E-state index contributed by atoms with van der Waals surface area (Å²) in [5.41, 5.74) is 0. The Labute approximate surface area is 205 Å². The van der Waals surface area contributed by atoms with Gasteiger partial charge >= 0.3 is 0 Å². The minimum Gasteiger partial charge on any atom is -0.457 e. The van der Waals surface area contributed by atoms with Crippen LogP contribution < -0.4 is 4.74 Å². The van der Waals surface area contributed by atoms with Gasteiger partial charge in [-0.3, -0.25) is 0 Å². The molecule has 2 aliphatic carbocycles. The van der Waals surface area contributed by atoms with Crippen molar-refractivity contribution >= 4 is 42.8 Å². The Morgan fingerprint density at radius 3 is 1.52 bits per heavy atom. The Bertz CT molecular complexity index is 1170. The van der Waals surface area contributed by atoms with E-state index in [0.29, 0.717) is 0 Å². The lowest BCUT2D eigenvalue weighted by Gasteiger charge is -2.27. The molecule has 0 saturated heterocycles. The Hall–Kier alpha value is -1.84. The number of hydrogen-bond acceptors (Lipinski definition) is 3. The fraction of sp³-hybridized carbons (Fsp3) is 0.467. The highest BCUT2D eigenvalue weighted by molar-refractivity contribution is 7.19. The Morgan fingerprint density at radius 2 is 1.06 bits per heavy atom. The molecule has 2 aromatic carbocycles. The number of benzene rings is 2. The van der Waals surface area contributed by atoms with E-state index in [0.717, 1.165) is 35.2 Å². The molecule has 4 atom stereocenters. The lowest BCUT2D eigenvalue weighted by atomic mass is 9.79. The van der Waals surface area contributed by atoms with Gasteiger partial charge in [-0.25, -0.2) is 0 Å². The van der Waals surface area contributed by atoms with Crippen LogP contribution in [-0.2, 0) is 0 Å². The van der Waals surface area contributed by atoms with Crippen molar-refractivity contribution in [2.45, 2.75) is 77.0 Å². The summed E-state index contributed by atoms with van der Waals surface area (Å²) >= 11 is 3.95. The maximum atomic E-state index is 6.36. The van der Waals surface area contributed by atoms with E-state index in [9.17, 15) is 0 Å². The van der Waals surface area contributed by atoms with Gasteiger partial charge in [-0.2, -0.15) is 0 Å². The predicted octanol–water partition coefficient (Wildman–Crippen LogP) is 10.5. The second kappa shape index (κ2) is 9.07. The first kappa shape index (κ1) is 21.7. The van der Waals surface area contributed by atoms with Crippen LogP contribution in [0.25, 0.3) is 20.2 Å². The van der Waals surface area contributed by atoms with E-state index in [1.165, 1.54) is 71.5 Å². The molecule has 33 heavy (non-hydrogen) atoms. The van der Waals surface area contributed by atoms with E-state index in [-0.39, 0.29) is 0 Å². The van der Waals surface area contributed by atoms with Gasteiger partial charge in [0.1, 0.15) is 11.5 Å². The minimum atomic E-state index is 0.739. The zero-order valence-corrected chi connectivity index (χ0v) is 21.4. The third-order valence-electron chi connectivity index (χ3n) is 8.21. The SMILES string of the molecule is CC1CCCCC1c1cc2ccc(Oc3ccc4cc(C5CCCCC5C)sc4c3)cc2s1. The average Bonchev–Trinajstić information content (AvgIpc) is 3.43. The molecule has 0 spiro atoms. The van der Waals surface area contributed by atoms with Crippen LogP contribution in [0.15, 0.2) is 48.5 Å². The van der Waals surface area contributed by atoms with Crippen molar-refractivity contribution in [2.24, 2.45) is 11.8 Å². The molecule has 0 N–H and O–H groups in total. The molecule has 0 aliphatic heterocycles. The lowest BCUT2D eigenvalue weighted by molar-refractivity contribution is 0.334. The summed E-state index contributed by atoms with van der Waals surface area (Å²) in [4.78, 5) is 3.14. The summed E-state index contributed by atoms with van der Waals surface area (Å²) in [7, 11) is 0.